The summed E-state index contributed by atoms with van der Waals surface area (Å²) in [6.45, 7) is 29.5. The normalized spacial score (nSPS) is 18.0. The predicted octanol–water partition coefficient (Wildman–Crippen LogP) is 9.15. The van der Waals surface area contributed by atoms with E-state index in [1.165, 1.54) is 130 Å². The van der Waals surface area contributed by atoms with Crippen LogP contribution in [0.4, 0.5) is 45.5 Å². The predicted molar refractivity (Wildman–Crippen MR) is 383 cm³/mol. The highest BCUT2D eigenvalue weighted by molar-refractivity contribution is 5.67. The molecule has 7 aliphatic heterocycles. The average molecular weight is 1240 g/mol. The zero-order chi connectivity index (χ0) is 60.1. The first-order valence-electron chi connectivity index (χ1n) is 32.8. The second kappa shape index (κ2) is 37.4. The van der Waals surface area contributed by atoms with Crippen LogP contribution in [0, 0.1) is 0 Å². The molecule has 0 aliphatic carbocycles. The Bertz CT molecular complexity index is 2630. The number of likely N-dealkylation sites (tertiary alicyclic amines) is 2. The maximum atomic E-state index is 5.92. The van der Waals surface area contributed by atoms with Crippen molar-refractivity contribution in [2.75, 3.05) is 269 Å². The Morgan fingerprint density at radius 3 is 1.13 bits per heavy atom. The molecule has 7 aliphatic rings. The lowest BCUT2D eigenvalue weighted by Gasteiger charge is -2.37. The van der Waals surface area contributed by atoms with Gasteiger partial charge in [0.05, 0.1) is 128 Å². The summed E-state index contributed by atoms with van der Waals surface area (Å²) in [6.07, 6.45) is 12.7. The Labute approximate surface area is 542 Å². The van der Waals surface area contributed by atoms with Crippen LogP contribution in [0.2, 0.25) is 0 Å². The Morgan fingerprint density at radius 2 is 0.764 bits per heavy atom. The van der Waals surface area contributed by atoms with Crippen molar-refractivity contribution in [3.05, 3.63) is 95.1 Å². The number of fused-ring (bicyclic) bond motifs is 4. The number of nitrogens with one attached hydrogen (secondary N) is 1. The molecule has 0 aromatic heterocycles. The van der Waals surface area contributed by atoms with Gasteiger partial charge < -0.3 is 84.7 Å². The summed E-state index contributed by atoms with van der Waals surface area (Å²) >= 11 is 0. The molecule has 0 atom stereocenters. The molecule has 17 nitrogen and oxygen atoms in total. The van der Waals surface area contributed by atoms with E-state index in [9.17, 15) is 0 Å². The van der Waals surface area contributed by atoms with Crippen LogP contribution in [0.15, 0.2) is 72.8 Å². The molecular formula is C72H131N13O4+4. The number of nitrogen functional groups attached to an aromatic ring is 4. The third kappa shape index (κ3) is 24.5. The largest absolute Gasteiger partial charge is 0.399 e. The van der Waals surface area contributed by atoms with Crippen molar-refractivity contribution < 1.29 is 36.9 Å². The fourth-order valence-corrected chi connectivity index (χ4v) is 13.3. The van der Waals surface area contributed by atoms with Gasteiger partial charge in [0.2, 0.25) is 0 Å². The summed E-state index contributed by atoms with van der Waals surface area (Å²) in [4.78, 5) is 9.63. The average Bonchev–Trinajstić information content (AvgIpc) is 3.13. The van der Waals surface area contributed by atoms with Crippen LogP contribution in [0.5, 0.6) is 0 Å². The van der Waals surface area contributed by atoms with E-state index in [1.54, 1.807) is 0 Å². The highest BCUT2D eigenvalue weighted by atomic mass is 16.5. The molecule has 504 valence electrons. The Kier molecular flexibility index (Phi) is 32.1. The SMILES string of the molecule is C.C.C.C.C[N+](C)(C)CCOCCN1CCc2ccc(N)cc21.C[N+]1(CCCNCCN2CCc3ccc(N)cc32)CCOCC1.C[N+]1(CCOCCN2CCc3ccc(N)cc32)CCCC1.C[N+]1(CCOCCN2CCc3ccc(N)cc32)CCCCC1. The second-order valence-corrected chi connectivity index (χ2v) is 27.2. The first kappa shape index (κ1) is 76.4. The van der Waals surface area contributed by atoms with Gasteiger partial charge in [-0.25, -0.2) is 0 Å². The van der Waals surface area contributed by atoms with Gasteiger partial charge in [0, 0.05) is 130 Å². The summed E-state index contributed by atoms with van der Waals surface area (Å²) < 4.78 is 27.5. The van der Waals surface area contributed by atoms with Crippen molar-refractivity contribution in [2.24, 2.45) is 0 Å². The minimum absolute atomic E-state index is 0. The molecule has 3 fully saturated rings. The van der Waals surface area contributed by atoms with E-state index in [0.717, 1.165) is 204 Å². The molecular weight excluding hydrogens is 1110 g/mol. The maximum Gasteiger partial charge on any atom is 0.102 e. The highest BCUT2D eigenvalue weighted by Gasteiger charge is 2.29. The molecule has 9 N–H and O–H groups in total. The topological polar surface area (TPSA) is 166 Å². The first-order chi connectivity index (χ1) is 40.9. The number of benzene rings is 4. The van der Waals surface area contributed by atoms with Gasteiger partial charge >= 0.3 is 0 Å². The minimum atomic E-state index is 0. The molecule has 0 bridgehead atoms. The smallest absolute Gasteiger partial charge is 0.102 e. The van der Waals surface area contributed by atoms with E-state index >= 15 is 0 Å². The lowest BCUT2D eigenvalue weighted by atomic mass is 10.1. The van der Waals surface area contributed by atoms with Crippen molar-refractivity contribution in [2.45, 2.75) is 93.9 Å². The number of anilines is 8. The van der Waals surface area contributed by atoms with Gasteiger partial charge in [-0.05, 0) is 116 Å². The van der Waals surface area contributed by atoms with Gasteiger partial charge in [0.1, 0.15) is 32.7 Å². The van der Waals surface area contributed by atoms with E-state index in [4.69, 9.17) is 41.9 Å². The van der Waals surface area contributed by atoms with Gasteiger partial charge in [0.25, 0.3) is 0 Å². The van der Waals surface area contributed by atoms with Crippen LogP contribution in [0.1, 0.15) is 90.5 Å². The van der Waals surface area contributed by atoms with Crippen molar-refractivity contribution in [1.82, 2.24) is 5.32 Å². The Morgan fingerprint density at radius 1 is 0.427 bits per heavy atom. The van der Waals surface area contributed by atoms with E-state index in [-0.39, 0.29) is 29.7 Å². The van der Waals surface area contributed by atoms with Crippen LogP contribution in [-0.4, -0.2) is 244 Å². The summed E-state index contributed by atoms with van der Waals surface area (Å²) in [6, 6.07) is 25.0. The zero-order valence-corrected chi connectivity index (χ0v) is 53.8. The number of rotatable bonds is 25. The number of nitrogens with two attached hydrogens (primary N) is 4. The quantitative estimate of drug-likeness (QED) is 0.0243. The van der Waals surface area contributed by atoms with Crippen molar-refractivity contribution in [3.8, 4) is 0 Å². The van der Waals surface area contributed by atoms with E-state index in [1.807, 2.05) is 24.3 Å². The van der Waals surface area contributed by atoms with Crippen molar-refractivity contribution >= 4 is 45.5 Å². The molecule has 0 spiro atoms. The Balaban J connectivity index is 0.000000250. The molecule has 17 heteroatoms. The summed E-state index contributed by atoms with van der Waals surface area (Å²) in [7, 11) is 13.6. The molecule has 3 saturated heterocycles. The zero-order valence-electron chi connectivity index (χ0n) is 53.8. The van der Waals surface area contributed by atoms with Gasteiger partial charge in [0.15, 0.2) is 0 Å². The fourth-order valence-electron chi connectivity index (χ4n) is 13.3. The van der Waals surface area contributed by atoms with Crippen molar-refractivity contribution in [3.63, 3.8) is 0 Å². The molecule has 0 unspecified atom stereocenters. The summed E-state index contributed by atoms with van der Waals surface area (Å²) in [5.74, 6) is 0. The number of likely N-dealkylation sites (N-methyl/N-ethyl adjacent to an activating group) is 4. The number of hydrogen-bond donors (Lipinski definition) is 5. The number of ether oxygens (including phenoxy) is 4. The third-order valence-electron chi connectivity index (χ3n) is 19.1. The molecule has 7 heterocycles. The second-order valence-electron chi connectivity index (χ2n) is 27.2. The molecule has 0 amide bonds. The lowest BCUT2D eigenvalue weighted by molar-refractivity contribution is -0.917. The number of nitrogens with zero attached hydrogens (tertiary/aromatic N) is 8. The first-order valence-corrected chi connectivity index (χ1v) is 32.8. The van der Waals surface area contributed by atoms with Gasteiger partial charge in [-0.1, -0.05) is 54.0 Å². The van der Waals surface area contributed by atoms with E-state index in [0.29, 0.717) is 0 Å². The van der Waals surface area contributed by atoms with Gasteiger partial charge in [-0.3, -0.25) is 0 Å². The monoisotopic (exact) mass is 1240 g/mol. The standard InChI is InChI=1S/C18H31N4O.C18H30N3O.C17H28N3O.C15H26N3O.4CH4/c1-22(11-13-23-14-12-22)10-2-6-20-7-9-21-8-5-16-3-4-17(19)15-18(16)21;1-21(10-3-2-4-11-21)12-14-22-13-9-20-8-7-16-5-6-17(19)15-18(16)20;1-20(9-2-3-10-20)11-13-21-12-8-19-7-6-15-4-5-16(18)14-17(15)19;1-18(2,3)9-11-19-10-8-17-7-6-13-4-5-14(16)12-15(13)17;;;;/h3-4,15,20H,2,5-14,19H2,1H3;5-6,15H,2-4,7-14,19H2,1H3;4-5,14H,2-3,6-13,18H2,1H3;4-5,12H,6-11,16H2,1-3H3;4*1H4/q4*+1;;;;. The number of piperidine rings is 1. The van der Waals surface area contributed by atoms with Gasteiger partial charge in [-0.2, -0.15) is 0 Å². The molecule has 89 heavy (non-hydrogen) atoms. The third-order valence-corrected chi connectivity index (χ3v) is 19.1. The lowest BCUT2D eigenvalue weighted by Crippen LogP contribution is -2.52. The molecule has 0 radical (unpaired) electrons. The molecule has 4 aromatic rings. The van der Waals surface area contributed by atoms with Crippen molar-refractivity contribution in [1.29, 1.82) is 0 Å². The number of quaternary nitrogens is 4. The Hall–Kier alpha value is -5.08. The van der Waals surface area contributed by atoms with Crippen LogP contribution >= 0.6 is 0 Å². The van der Waals surface area contributed by atoms with Crippen LogP contribution in [0.25, 0.3) is 0 Å². The summed E-state index contributed by atoms with van der Waals surface area (Å²) in [5, 5.41) is 3.60. The van der Waals surface area contributed by atoms with Crippen LogP contribution < -0.4 is 47.9 Å². The number of morpholine rings is 1. The minimum Gasteiger partial charge on any atom is -0.399 e. The molecule has 4 aromatic carbocycles. The maximum absolute atomic E-state index is 5.92. The summed E-state index contributed by atoms with van der Waals surface area (Å²) in [5.41, 5.74) is 37.9. The van der Waals surface area contributed by atoms with Gasteiger partial charge in [-0.15, -0.1) is 0 Å². The van der Waals surface area contributed by atoms with E-state index in [2.05, 4.69) is 116 Å². The highest BCUT2D eigenvalue weighted by Crippen LogP contribution is 2.33. The fraction of sp³-hybridized carbons (Fsp3) is 0.667. The van der Waals surface area contributed by atoms with E-state index < -0.39 is 0 Å². The van der Waals surface area contributed by atoms with Crippen LogP contribution in [0.3, 0.4) is 0 Å². The number of hydrogen-bond acceptors (Lipinski definition) is 13. The molecule has 0 saturated carbocycles. The molecule has 11 rings (SSSR count). The van der Waals surface area contributed by atoms with Crippen LogP contribution in [-0.2, 0) is 44.6 Å².